The number of carbonyl (C=O) groups is 1. The van der Waals surface area contributed by atoms with E-state index in [-0.39, 0.29) is 5.91 Å². The Morgan fingerprint density at radius 3 is 2.72 bits per heavy atom. The molecule has 0 radical (unpaired) electrons. The maximum absolute atomic E-state index is 12.2. The molecule has 3 aromatic rings. The summed E-state index contributed by atoms with van der Waals surface area (Å²) >= 11 is 0. The largest absolute Gasteiger partial charge is 0.352 e. The maximum atomic E-state index is 12.2. The Bertz CT molecular complexity index is 841. The molecule has 0 fully saturated rings. The molecule has 0 atom stereocenters. The van der Waals surface area contributed by atoms with Gasteiger partial charge in [-0.05, 0) is 43.5 Å². The van der Waals surface area contributed by atoms with Crippen molar-refractivity contribution in [3.63, 3.8) is 0 Å². The lowest BCUT2D eigenvalue weighted by atomic mass is 10.0. The summed E-state index contributed by atoms with van der Waals surface area (Å²) in [5.74, 6) is -0.0655. The van der Waals surface area contributed by atoms with E-state index in [4.69, 9.17) is 0 Å². The van der Waals surface area contributed by atoms with Gasteiger partial charge in [-0.15, -0.1) is 0 Å². The predicted octanol–water partition coefficient (Wildman–Crippen LogP) is 2.78. The summed E-state index contributed by atoms with van der Waals surface area (Å²) in [4.78, 5) is 16.2. The average molecular weight is 335 g/mol. The zero-order valence-electron chi connectivity index (χ0n) is 14.4. The number of imidazole rings is 1. The highest BCUT2D eigenvalue weighted by Crippen LogP contribution is 2.22. The fourth-order valence-corrected chi connectivity index (χ4v) is 2.57. The zero-order valence-corrected chi connectivity index (χ0v) is 14.4. The second-order valence-electron chi connectivity index (χ2n) is 5.99. The highest BCUT2D eigenvalue weighted by atomic mass is 16.1. The van der Waals surface area contributed by atoms with Crippen LogP contribution < -0.4 is 5.32 Å². The van der Waals surface area contributed by atoms with Crippen LogP contribution in [0.5, 0.6) is 0 Å². The Morgan fingerprint density at radius 1 is 1.20 bits per heavy atom. The van der Waals surface area contributed by atoms with E-state index in [2.05, 4.69) is 20.5 Å². The number of hydrogen-bond acceptors (Lipinski definition) is 4. The standard InChI is InChI=1S/C19H21N5O/c1-14-12-22-23-18(15(14)2)16-4-6-17(7-5-16)19(25)21-8-3-10-24-11-9-20-13-24/h4-7,9,11-13H,3,8,10H2,1-2H3,(H,21,25). The Kier molecular flexibility index (Phi) is 5.18. The van der Waals surface area contributed by atoms with Crippen molar-refractivity contribution < 1.29 is 4.79 Å². The minimum Gasteiger partial charge on any atom is -0.352 e. The van der Waals surface area contributed by atoms with Gasteiger partial charge in [-0.1, -0.05) is 12.1 Å². The van der Waals surface area contributed by atoms with Gasteiger partial charge in [0.15, 0.2) is 0 Å². The van der Waals surface area contributed by atoms with Crippen LogP contribution in [0.3, 0.4) is 0 Å². The predicted molar refractivity (Wildman–Crippen MR) is 96.1 cm³/mol. The third-order valence-electron chi connectivity index (χ3n) is 4.21. The first-order valence-corrected chi connectivity index (χ1v) is 8.28. The van der Waals surface area contributed by atoms with Crippen LogP contribution in [0.15, 0.2) is 49.2 Å². The Morgan fingerprint density at radius 2 is 2.00 bits per heavy atom. The molecule has 0 bridgehead atoms. The van der Waals surface area contributed by atoms with Gasteiger partial charge >= 0.3 is 0 Å². The first-order chi connectivity index (χ1) is 12.1. The number of nitrogens with zero attached hydrogens (tertiary/aromatic N) is 4. The third kappa shape index (κ3) is 4.09. The van der Waals surface area contributed by atoms with E-state index in [0.717, 1.165) is 35.3 Å². The average Bonchev–Trinajstić information content (AvgIpc) is 3.14. The van der Waals surface area contributed by atoms with Crippen molar-refractivity contribution in [3.05, 3.63) is 65.9 Å². The summed E-state index contributed by atoms with van der Waals surface area (Å²) in [6, 6.07) is 7.47. The van der Waals surface area contributed by atoms with Crippen molar-refractivity contribution in [2.75, 3.05) is 6.54 Å². The van der Waals surface area contributed by atoms with Crippen LogP contribution >= 0.6 is 0 Å². The SMILES string of the molecule is Cc1cnnc(-c2ccc(C(=O)NCCCn3ccnc3)cc2)c1C. The number of aryl methyl sites for hydroxylation is 2. The van der Waals surface area contributed by atoms with Crippen molar-refractivity contribution in [1.29, 1.82) is 0 Å². The summed E-state index contributed by atoms with van der Waals surface area (Å²) in [5, 5.41) is 11.2. The van der Waals surface area contributed by atoms with Crippen LogP contribution in [0.4, 0.5) is 0 Å². The van der Waals surface area contributed by atoms with Gasteiger partial charge in [0.25, 0.3) is 5.91 Å². The molecule has 0 aliphatic rings. The quantitative estimate of drug-likeness (QED) is 0.703. The second kappa shape index (κ2) is 7.70. The monoisotopic (exact) mass is 335 g/mol. The molecule has 0 aliphatic heterocycles. The van der Waals surface area contributed by atoms with Crippen LogP contribution in [0.1, 0.15) is 27.9 Å². The molecule has 1 aromatic carbocycles. The molecule has 6 nitrogen and oxygen atoms in total. The highest BCUT2D eigenvalue weighted by Gasteiger charge is 2.09. The molecule has 0 aliphatic carbocycles. The molecular weight excluding hydrogens is 314 g/mol. The minimum absolute atomic E-state index is 0.0655. The van der Waals surface area contributed by atoms with E-state index in [9.17, 15) is 4.79 Å². The number of nitrogens with one attached hydrogen (secondary N) is 1. The molecule has 0 saturated heterocycles. The number of carbonyl (C=O) groups excluding carboxylic acids is 1. The van der Waals surface area contributed by atoms with Crippen LogP contribution in [0, 0.1) is 13.8 Å². The first kappa shape index (κ1) is 16.8. The lowest BCUT2D eigenvalue weighted by Gasteiger charge is -2.08. The van der Waals surface area contributed by atoms with Crippen LogP contribution in [-0.4, -0.2) is 32.2 Å². The van der Waals surface area contributed by atoms with E-state index in [1.165, 1.54) is 0 Å². The van der Waals surface area contributed by atoms with Crippen LogP contribution in [-0.2, 0) is 6.54 Å². The summed E-state index contributed by atoms with van der Waals surface area (Å²) < 4.78 is 1.99. The molecule has 1 amide bonds. The maximum Gasteiger partial charge on any atom is 0.251 e. The first-order valence-electron chi connectivity index (χ1n) is 8.28. The van der Waals surface area contributed by atoms with E-state index in [1.54, 1.807) is 18.7 Å². The van der Waals surface area contributed by atoms with Crippen molar-refractivity contribution in [3.8, 4) is 11.3 Å². The van der Waals surface area contributed by atoms with Crippen LogP contribution in [0.2, 0.25) is 0 Å². The van der Waals surface area contributed by atoms with E-state index in [0.29, 0.717) is 12.1 Å². The lowest BCUT2D eigenvalue weighted by molar-refractivity contribution is 0.0952. The van der Waals surface area contributed by atoms with Crippen molar-refractivity contribution in [1.82, 2.24) is 25.1 Å². The van der Waals surface area contributed by atoms with Crippen molar-refractivity contribution in [2.24, 2.45) is 0 Å². The molecule has 3 rings (SSSR count). The summed E-state index contributed by atoms with van der Waals surface area (Å²) in [6.07, 6.45) is 8.05. The number of aromatic nitrogens is 4. The van der Waals surface area contributed by atoms with E-state index >= 15 is 0 Å². The zero-order chi connectivity index (χ0) is 17.6. The summed E-state index contributed by atoms with van der Waals surface area (Å²) in [7, 11) is 0. The van der Waals surface area contributed by atoms with Gasteiger partial charge in [0.1, 0.15) is 0 Å². The van der Waals surface area contributed by atoms with Gasteiger partial charge < -0.3 is 9.88 Å². The number of hydrogen-bond donors (Lipinski definition) is 1. The van der Waals surface area contributed by atoms with Gasteiger partial charge in [-0.25, -0.2) is 4.98 Å². The molecule has 2 aromatic heterocycles. The van der Waals surface area contributed by atoms with Gasteiger partial charge in [-0.2, -0.15) is 10.2 Å². The second-order valence-corrected chi connectivity index (χ2v) is 5.99. The molecule has 0 unspecified atom stereocenters. The number of amides is 1. The molecule has 0 spiro atoms. The number of rotatable bonds is 6. The molecule has 1 N–H and O–H groups in total. The fourth-order valence-electron chi connectivity index (χ4n) is 2.57. The van der Waals surface area contributed by atoms with Gasteiger partial charge in [-0.3, -0.25) is 4.79 Å². The van der Waals surface area contributed by atoms with E-state index < -0.39 is 0 Å². The molecule has 0 saturated carbocycles. The minimum atomic E-state index is -0.0655. The smallest absolute Gasteiger partial charge is 0.251 e. The molecule has 128 valence electrons. The fraction of sp³-hybridized carbons (Fsp3) is 0.263. The lowest BCUT2D eigenvalue weighted by Crippen LogP contribution is -2.25. The normalized spacial score (nSPS) is 10.6. The molecule has 6 heteroatoms. The Hall–Kier alpha value is -3.02. The van der Waals surface area contributed by atoms with Gasteiger partial charge in [0.2, 0.25) is 0 Å². The molecule has 25 heavy (non-hydrogen) atoms. The summed E-state index contributed by atoms with van der Waals surface area (Å²) in [6.45, 7) is 5.51. The van der Waals surface area contributed by atoms with Gasteiger partial charge in [0.05, 0.1) is 18.2 Å². The topological polar surface area (TPSA) is 72.7 Å². The summed E-state index contributed by atoms with van der Waals surface area (Å²) in [5.41, 5.74) is 4.67. The van der Waals surface area contributed by atoms with E-state index in [1.807, 2.05) is 48.9 Å². The molecular formula is C19H21N5O. The Balaban J connectivity index is 1.58. The van der Waals surface area contributed by atoms with Crippen molar-refractivity contribution >= 4 is 5.91 Å². The molecule has 2 heterocycles. The van der Waals surface area contributed by atoms with Crippen molar-refractivity contribution in [2.45, 2.75) is 26.8 Å². The number of benzene rings is 1. The third-order valence-corrected chi connectivity index (χ3v) is 4.21. The van der Waals surface area contributed by atoms with Gasteiger partial charge in [0, 0.05) is 36.6 Å². The highest BCUT2D eigenvalue weighted by molar-refractivity contribution is 5.94. The Labute approximate surface area is 146 Å². The van der Waals surface area contributed by atoms with Crippen LogP contribution in [0.25, 0.3) is 11.3 Å².